The zero-order valence-electron chi connectivity index (χ0n) is 29.3. The van der Waals surface area contributed by atoms with Gasteiger partial charge >= 0.3 is 0 Å². The zero-order chi connectivity index (χ0) is 30.9. The van der Waals surface area contributed by atoms with Gasteiger partial charge in [0.1, 0.15) is 0 Å². The second-order valence-corrected chi connectivity index (χ2v) is 15.6. The molecule has 0 radical (unpaired) electrons. The minimum absolute atomic E-state index is 0.669. The molecule has 7 atom stereocenters. The molecule has 0 aromatic heterocycles. The van der Waals surface area contributed by atoms with Crippen LogP contribution in [0.1, 0.15) is 150 Å². The van der Waals surface area contributed by atoms with Gasteiger partial charge in [-0.25, -0.2) is 0 Å². The topological polar surface area (TPSA) is 12.0 Å². The van der Waals surface area contributed by atoms with E-state index in [2.05, 4.69) is 70.0 Å². The quantitative estimate of drug-likeness (QED) is 0.185. The molecule has 0 amide bonds. The van der Waals surface area contributed by atoms with E-state index in [0.29, 0.717) is 12.0 Å². The molecule has 5 aliphatic rings. The normalized spacial score (nSPS) is 29.1. The standard InChI is InChI=1S/C43H67N/c1-6-8-15-31(3)34-24-26-35(27-25-34)37(30-44-43-21-13-17-36-16-9-10-18-40(36)43)23-22-33(5)39-29-28-38(32(4)14-7-2)41-19-11-12-20-42(39)41/h11,17,19,24,26,32-33,37,39-40,42-44H,3,6-10,12-16,18,20-23,25,27-30H2,1-2,4-5H3/t32?,33?,37?,39?,40-,42?,43?/m1/s1. The van der Waals surface area contributed by atoms with Gasteiger partial charge < -0.3 is 5.32 Å². The van der Waals surface area contributed by atoms with Crippen molar-refractivity contribution >= 4 is 0 Å². The van der Waals surface area contributed by atoms with Crippen molar-refractivity contribution in [2.45, 2.75) is 156 Å². The van der Waals surface area contributed by atoms with Crippen molar-refractivity contribution < 1.29 is 0 Å². The first-order valence-electron chi connectivity index (χ1n) is 19.4. The van der Waals surface area contributed by atoms with Crippen molar-refractivity contribution in [3.8, 4) is 0 Å². The Hall–Kier alpha value is -1.60. The fourth-order valence-electron chi connectivity index (χ4n) is 9.94. The summed E-state index contributed by atoms with van der Waals surface area (Å²) in [6, 6.07) is 0.697. The first-order valence-corrected chi connectivity index (χ1v) is 19.4. The largest absolute Gasteiger partial charge is 0.313 e. The molecule has 0 bridgehead atoms. The Balaban J connectivity index is 1.27. The smallest absolute Gasteiger partial charge is 0.0136 e. The molecule has 0 aromatic rings. The van der Waals surface area contributed by atoms with Gasteiger partial charge in [0.25, 0.3) is 0 Å². The average molecular weight is 598 g/mol. The lowest BCUT2D eigenvalue weighted by molar-refractivity contribution is 0.203. The minimum atomic E-state index is 0.669. The Morgan fingerprint density at radius 3 is 2.57 bits per heavy atom. The highest BCUT2D eigenvalue weighted by molar-refractivity contribution is 5.37. The van der Waals surface area contributed by atoms with Gasteiger partial charge in [-0.2, -0.15) is 0 Å². The minimum Gasteiger partial charge on any atom is -0.313 e. The maximum absolute atomic E-state index is 4.47. The maximum Gasteiger partial charge on any atom is 0.0136 e. The summed E-state index contributed by atoms with van der Waals surface area (Å²) in [5, 5.41) is 4.22. The maximum atomic E-state index is 4.47. The van der Waals surface area contributed by atoms with Crippen LogP contribution in [0.2, 0.25) is 0 Å². The van der Waals surface area contributed by atoms with Gasteiger partial charge in [-0.3, -0.25) is 0 Å². The number of nitrogens with one attached hydrogen (secondary N) is 1. The lowest BCUT2D eigenvalue weighted by atomic mass is 9.64. The Labute approximate surface area is 272 Å². The van der Waals surface area contributed by atoms with E-state index in [-0.39, 0.29) is 0 Å². The molecular weight excluding hydrogens is 530 g/mol. The van der Waals surface area contributed by atoms with E-state index in [9.17, 15) is 0 Å². The van der Waals surface area contributed by atoms with Crippen LogP contribution in [0.5, 0.6) is 0 Å². The van der Waals surface area contributed by atoms with Crippen LogP contribution in [-0.2, 0) is 0 Å². The van der Waals surface area contributed by atoms with E-state index in [1.807, 2.05) is 5.57 Å². The first-order chi connectivity index (χ1) is 21.5. The molecule has 1 heteroatoms. The van der Waals surface area contributed by atoms with E-state index >= 15 is 0 Å². The van der Waals surface area contributed by atoms with Gasteiger partial charge in [-0.05, 0) is 149 Å². The van der Waals surface area contributed by atoms with Crippen molar-refractivity contribution in [1.29, 1.82) is 0 Å². The van der Waals surface area contributed by atoms with Gasteiger partial charge in [-0.15, -0.1) is 0 Å². The fourth-order valence-corrected chi connectivity index (χ4v) is 9.94. The number of unbranched alkanes of at least 4 members (excludes halogenated alkanes) is 1. The molecule has 5 aliphatic carbocycles. The van der Waals surface area contributed by atoms with E-state index in [0.717, 1.165) is 29.6 Å². The Morgan fingerprint density at radius 1 is 0.886 bits per heavy atom. The fraction of sp³-hybridized carbons (Fsp3) is 0.721. The van der Waals surface area contributed by atoms with Crippen LogP contribution in [0.3, 0.4) is 0 Å². The van der Waals surface area contributed by atoms with Gasteiger partial charge in [0.2, 0.25) is 0 Å². The van der Waals surface area contributed by atoms with Gasteiger partial charge in [0.05, 0.1) is 0 Å². The lowest BCUT2D eigenvalue weighted by Gasteiger charge is -2.41. The number of hydrogen-bond donors (Lipinski definition) is 1. The molecule has 5 rings (SSSR count). The van der Waals surface area contributed by atoms with Crippen molar-refractivity contribution in [2.75, 3.05) is 6.54 Å². The van der Waals surface area contributed by atoms with E-state index < -0.39 is 0 Å². The zero-order valence-corrected chi connectivity index (χ0v) is 29.3. The third kappa shape index (κ3) is 8.40. The summed E-state index contributed by atoms with van der Waals surface area (Å²) in [7, 11) is 0. The van der Waals surface area contributed by atoms with E-state index in [4.69, 9.17) is 0 Å². The highest BCUT2D eigenvalue weighted by Crippen LogP contribution is 2.47. The van der Waals surface area contributed by atoms with E-state index in [1.54, 1.807) is 16.7 Å². The van der Waals surface area contributed by atoms with Crippen molar-refractivity contribution in [2.24, 2.45) is 35.5 Å². The van der Waals surface area contributed by atoms with Crippen LogP contribution in [0, 0.1) is 35.5 Å². The molecule has 1 saturated carbocycles. The summed E-state index contributed by atoms with van der Waals surface area (Å²) in [5.41, 5.74) is 10.00. The summed E-state index contributed by atoms with van der Waals surface area (Å²) in [6.45, 7) is 15.4. The molecule has 244 valence electrons. The highest BCUT2D eigenvalue weighted by atomic mass is 14.9. The van der Waals surface area contributed by atoms with Crippen LogP contribution < -0.4 is 5.32 Å². The van der Waals surface area contributed by atoms with Crippen LogP contribution in [0.4, 0.5) is 0 Å². The molecule has 0 saturated heterocycles. The van der Waals surface area contributed by atoms with Gasteiger partial charge in [0, 0.05) is 12.6 Å². The molecule has 0 aliphatic heterocycles. The Morgan fingerprint density at radius 2 is 1.77 bits per heavy atom. The van der Waals surface area contributed by atoms with Crippen molar-refractivity contribution in [3.05, 3.63) is 70.4 Å². The van der Waals surface area contributed by atoms with Gasteiger partial charge in [0.15, 0.2) is 0 Å². The first kappa shape index (κ1) is 33.8. The van der Waals surface area contributed by atoms with Crippen molar-refractivity contribution in [3.63, 3.8) is 0 Å². The summed E-state index contributed by atoms with van der Waals surface area (Å²) in [6.07, 6.45) is 37.8. The van der Waals surface area contributed by atoms with Gasteiger partial charge in [-0.1, -0.05) is 106 Å². The predicted molar refractivity (Wildman–Crippen MR) is 193 cm³/mol. The Bertz CT molecular complexity index is 1110. The number of rotatable bonds is 15. The molecule has 0 spiro atoms. The summed E-state index contributed by atoms with van der Waals surface area (Å²) in [4.78, 5) is 0. The van der Waals surface area contributed by atoms with E-state index in [1.165, 1.54) is 140 Å². The molecule has 0 aromatic carbocycles. The summed E-state index contributed by atoms with van der Waals surface area (Å²) in [5.74, 6) is 4.72. The monoisotopic (exact) mass is 598 g/mol. The third-order valence-corrected chi connectivity index (χ3v) is 12.7. The second-order valence-electron chi connectivity index (χ2n) is 15.6. The molecule has 1 N–H and O–H groups in total. The molecule has 6 unspecified atom stereocenters. The van der Waals surface area contributed by atoms with Crippen LogP contribution >= 0.6 is 0 Å². The molecular formula is C43H67N. The van der Waals surface area contributed by atoms with Crippen LogP contribution in [-0.4, -0.2) is 12.6 Å². The number of allylic oxidation sites excluding steroid dienone is 9. The lowest BCUT2D eigenvalue weighted by Crippen LogP contribution is -2.42. The molecule has 1 fully saturated rings. The summed E-state index contributed by atoms with van der Waals surface area (Å²) < 4.78 is 0. The second kappa shape index (κ2) is 16.8. The number of fused-ring (bicyclic) bond motifs is 2. The molecule has 44 heavy (non-hydrogen) atoms. The Kier molecular flexibility index (Phi) is 12.9. The van der Waals surface area contributed by atoms with Crippen LogP contribution in [0.25, 0.3) is 0 Å². The summed E-state index contributed by atoms with van der Waals surface area (Å²) >= 11 is 0. The molecule has 0 heterocycles. The SMILES string of the molecule is C=C(CCCC)C1=CC=C(C(CCC(C)C2CCC(C(C)CCC)=C3C=CCCC32)CNC2CCC=C3CCCC[C@H]32)CC1. The third-order valence-electron chi connectivity index (χ3n) is 12.7. The predicted octanol–water partition coefficient (Wildman–Crippen LogP) is 12.4. The average Bonchev–Trinajstić information content (AvgIpc) is 3.06. The number of hydrogen-bond acceptors (Lipinski definition) is 1. The van der Waals surface area contributed by atoms with Crippen molar-refractivity contribution in [1.82, 2.24) is 5.32 Å². The highest BCUT2D eigenvalue weighted by Gasteiger charge is 2.36. The molecule has 1 nitrogen and oxygen atoms in total. The van der Waals surface area contributed by atoms with Crippen LogP contribution in [0.15, 0.2) is 70.4 Å².